The molecule has 1 rings (SSSR count). The van der Waals surface area contributed by atoms with E-state index in [2.05, 4.69) is 5.32 Å². The summed E-state index contributed by atoms with van der Waals surface area (Å²) in [6.45, 7) is 7.93. The monoisotopic (exact) mass is 289 g/mol. The van der Waals surface area contributed by atoms with Crippen LogP contribution in [0.3, 0.4) is 0 Å². The predicted molar refractivity (Wildman–Crippen MR) is 79.4 cm³/mol. The topological polar surface area (TPSA) is 58.6 Å². The Hall–Kier alpha value is -0.260. The summed E-state index contributed by atoms with van der Waals surface area (Å²) in [7, 11) is 1.45. The molecule has 0 bridgehead atoms. The van der Waals surface area contributed by atoms with Crippen LogP contribution in [0.15, 0.2) is 0 Å². The molecular formula is C14H27NO3S. The van der Waals surface area contributed by atoms with Gasteiger partial charge in [-0.2, -0.15) is 11.8 Å². The molecule has 0 aromatic rings. The van der Waals surface area contributed by atoms with Gasteiger partial charge in [-0.05, 0) is 40.0 Å². The first-order valence-corrected chi connectivity index (χ1v) is 7.94. The highest BCUT2D eigenvalue weighted by molar-refractivity contribution is 8.00. The van der Waals surface area contributed by atoms with Crippen LogP contribution in [-0.4, -0.2) is 46.4 Å². The van der Waals surface area contributed by atoms with Crippen molar-refractivity contribution in [2.75, 3.05) is 7.11 Å². The second-order valence-electron chi connectivity index (χ2n) is 5.82. The number of methoxy groups -OCH3 is 1. The summed E-state index contributed by atoms with van der Waals surface area (Å²) in [5.74, 6) is -0.158. The Labute approximate surface area is 120 Å². The van der Waals surface area contributed by atoms with Gasteiger partial charge in [0.1, 0.15) is 5.54 Å². The molecule has 1 fully saturated rings. The molecule has 0 amide bonds. The summed E-state index contributed by atoms with van der Waals surface area (Å²) in [4.78, 5) is 12.1. The molecule has 19 heavy (non-hydrogen) atoms. The van der Waals surface area contributed by atoms with E-state index in [0.717, 1.165) is 19.3 Å². The maximum atomic E-state index is 12.1. The first kappa shape index (κ1) is 16.8. The number of aliphatic hydroxyl groups is 1. The van der Waals surface area contributed by atoms with E-state index in [4.69, 9.17) is 4.74 Å². The van der Waals surface area contributed by atoms with Crippen LogP contribution in [0, 0.1) is 0 Å². The van der Waals surface area contributed by atoms with Crippen LogP contribution in [0.1, 0.15) is 47.0 Å². The minimum Gasteiger partial charge on any atom is -0.468 e. The number of aliphatic hydroxyl groups excluding tert-OH is 1. The summed E-state index contributed by atoms with van der Waals surface area (Å²) < 4.78 is 4.98. The van der Waals surface area contributed by atoms with Crippen molar-refractivity contribution in [3.8, 4) is 0 Å². The fourth-order valence-electron chi connectivity index (χ4n) is 2.66. The number of carbonyl (C=O) groups excluding carboxylic acids is 1. The van der Waals surface area contributed by atoms with E-state index in [9.17, 15) is 9.90 Å². The zero-order valence-electron chi connectivity index (χ0n) is 12.6. The van der Waals surface area contributed by atoms with E-state index in [-0.39, 0.29) is 23.4 Å². The van der Waals surface area contributed by atoms with Crippen molar-refractivity contribution in [3.63, 3.8) is 0 Å². The van der Waals surface area contributed by atoms with Crippen LogP contribution < -0.4 is 5.32 Å². The quantitative estimate of drug-likeness (QED) is 0.732. The van der Waals surface area contributed by atoms with Crippen LogP contribution in [-0.2, 0) is 9.53 Å². The van der Waals surface area contributed by atoms with E-state index in [0.29, 0.717) is 5.25 Å². The summed E-state index contributed by atoms with van der Waals surface area (Å²) in [6, 6.07) is 0.247. The fourth-order valence-corrected chi connectivity index (χ4v) is 4.13. The number of carbonyl (C=O) groups is 1. The van der Waals surface area contributed by atoms with Crippen LogP contribution in [0.2, 0.25) is 0 Å². The van der Waals surface area contributed by atoms with Gasteiger partial charge in [-0.3, -0.25) is 10.1 Å². The highest BCUT2D eigenvalue weighted by Crippen LogP contribution is 2.40. The molecule has 4 atom stereocenters. The highest BCUT2D eigenvalue weighted by atomic mass is 32.2. The number of esters is 1. The Morgan fingerprint density at radius 3 is 2.53 bits per heavy atom. The van der Waals surface area contributed by atoms with Gasteiger partial charge in [-0.25, -0.2) is 0 Å². The number of thioether (sulfide) groups is 1. The zero-order chi connectivity index (χ0) is 14.6. The average Bonchev–Trinajstić information content (AvgIpc) is 2.71. The molecule has 2 N–H and O–H groups in total. The molecule has 0 saturated heterocycles. The maximum Gasteiger partial charge on any atom is 0.326 e. The van der Waals surface area contributed by atoms with Gasteiger partial charge >= 0.3 is 5.97 Å². The molecular weight excluding hydrogens is 262 g/mol. The lowest BCUT2D eigenvalue weighted by molar-refractivity contribution is -0.148. The molecule has 0 aliphatic heterocycles. The minimum absolute atomic E-state index is 0.158. The van der Waals surface area contributed by atoms with Gasteiger partial charge in [0.2, 0.25) is 0 Å². The van der Waals surface area contributed by atoms with Gasteiger partial charge in [-0.15, -0.1) is 0 Å². The zero-order valence-corrected chi connectivity index (χ0v) is 13.4. The van der Waals surface area contributed by atoms with Gasteiger partial charge in [0.05, 0.1) is 13.2 Å². The van der Waals surface area contributed by atoms with Gasteiger partial charge in [0.25, 0.3) is 0 Å². The van der Waals surface area contributed by atoms with Crippen molar-refractivity contribution in [1.82, 2.24) is 5.32 Å². The van der Waals surface area contributed by atoms with Gasteiger partial charge in [0, 0.05) is 16.5 Å². The number of hydrogen-bond donors (Lipinski definition) is 2. The van der Waals surface area contributed by atoms with Gasteiger partial charge in [-0.1, -0.05) is 6.92 Å². The summed E-state index contributed by atoms with van der Waals surface area (Å²) in [5.41, 5.74) is -0.543. The van der Waals surface area contributed by atoms with Crippen LogP contribution in [0.5, 0.6) is 0 Å². The molecule has 1 aliphatic rings. The molecule has 4 unspecified atom stereocenters. The lowest BCUT2D eigenvalue weighted by Gasteiger charge is -2.30. The molecule has 0 aromatic heterocycles. The lowest BCUT2D eigenvalue weighted by Crippen LogP contribution is -2.53. The summed E-state index contributed by atoms with van der Waals surface area (Å²) in [5, 5.41) is 13.6. The van der Waals surface area contributed by atoms with Gasteiger partial charge < -0.3 is 9.84 Å². The second-order valence-corrected chi connectivity index (χ2v) is 7.50. The molecule has 4 nitrogen and oxygen atoms in total. The Kier molecular flexibility index (Phi) is 6.15. The molecule has 1 aliphatic carbocycles. The Morgan fingerprint density at radius 2 is 2.05 bits per heavy atom. The molecule has 0 spiro atoms. The van der Waals surface area contributed by atoms with Crippen LogP contribution in [0.25, 0.3) is 0 Å². The smallest absolute Gasteiger partial charge is 0.326 e. The molecule has 0 radical (unpaired) electrons. The molecule has 112 valence electrons. The Morgan fingerprint density at radius 1 is 1.42 bits per heavy atom. The Bertz CT molecular complexity index is 309. The third-order valence-electron chi connectivity index (χ3n) is 3.70. The molecule has 1 saturated carbocycles. The van der Waals surface area contributed by atoms with Crippen molar-refractivity contribution in [2.45, 2.75) is 75.1 Å². The molecule has 5 heteroatoms. The number of ether oxygens (including phenoxy) is 1. The SMILES string of the molecule is COC(=O)C1(NC(C)C)CCC(SC(C)C(C)O)C1. The highest BCUT2D eigenvalue weighted by Gasteiger charge is 2.47. The number of hydrogen-bond acceptors (Lipinski definition) is 5. The van der Waals surface area contributed by atoms with Crippen molar-refractivity contribution in [3.05, 3.63) is 0 Å². The summed E-state index contributed by atoms with van der Waals surface area (Å²) in [6.07, 6.45) is 2.24. The van der Waals surface area contributed by atoms with Crippen molar-refractivity contribution in [2.24, 2.45) is 0 Å². The van der Waals surface area contributed by atoms with E-state index in [1.807, 2.05) is 27.7 Å². The lowest BCUT2D eigenvalue weighted by atomic mass is 9.96. The van der Waals surface area contributed by atoms with E-state index in [1.165, 1.54) is 7.11 Å². The Balaban J connectivity index is 2.69. The first-order chi connectivity index (χ1) is 8.80. The molecule has 0 heterocycles. The third-order valence-corrected chi connectivity index (χ3v) is 5.31. The van der Waals surface area contributed by atoms with Crippen LogP contribution in [0.4, 0.5) is 0 Å². The fraction of sp³-hybridized carbons (Fsp3) is 0.929. The second kappa shape index (κ2) is 6.95. The van der Waals surface area contributed by atoms with Crippen molar-refractivity contribution >= 4 is 17.7 Å². The van der Waals surface area contributed by atoms with Crippen LogP contribution >= 0.6 is 11.8 Å². The minimum atomic E-state index is -0.543. The van der Waals surface area contributed by atoms with Crippen molar-refractivity contribution < 1.29 is 14.6 Å². The number of nitrogens with one attached hydrogen (secondary N) is 1. The average molecular weight is 289 g/mol. The van der Waals surface area contributed by atoms with E-state index in [1.54, 1.807) is 11.8 Å². The normalized spacial score (nSPS) is 30.4. The molecule has 0 aromatic carbocycles. The summed E-state index contributed by atoms with van der Waals surface area (Å²) >= 11 is 1.77. The third kappa shape index (κ3) is 4.36. The van der Waals surface area contributed by atoms with Crippen molar-refractivity contribution in [1.29, 1.82) is 0 Å². The standard InChI is InChI=1S/C14H27NO3S/c1-9(2)15-14(13(17)18-5)7-6-12(8-14)19-11(4)10(3)16/h9-12,15-16H,6-8H2,1-5H3. The van der Waals surface area contributed by atoms with E-state index < -0.39 is 5.54 Å². The largest absolute Gasteiger partial charge is 0.468 e. The number of rotatable bonds is 6. The van der Waals surface area contributed by atoms with Gasteiger partial charge in [0.15, 0.2) is 0 Å². The first-order valence-electron chi connectivity index (χ1n) is 7.00. The van der Waals surface area contributed by atoms with E-state index >= 15 is 0 Å². The maximum absolute atomic E-state index is 12.1. The predicted octanol–water partition coefficient (Wildman–Crippen LogP) is 1.95.